The Morgan fingerprint density at radius 1 is 1.39 bits per heavy atom. The highest BCUT2D eigenvalue weighted by molar-refractivity contribution is 7.99. The fraction of sp³-hybridized carbons (Fsp3) is 0.500. The Balaban J connectivity index is 1.56. The Bertz CT molecular complexity index is 363. The molecule has 0 bridgehead atoms. The van der Waals surface area contributed by atoms with E-state index in [1.807, 2.05) is 18.2 Å². The van der Waals surface area contributed by atoms with Crippen LogP contribution in [0.4, 0.5) is 0 Å². The molecule has 0 saturated carbocycles. The van der Waals surface area contributed by atoms with Gasteiger partial charge in [0.05, 0.1) is 0 Å². The summed E-state index contributed by atoms with van der Waals surface area (Å²) >= 11 is 1.77. The maximum absolute atomic E-state index is 11.6. The summed E-state index contributed by atoms with van der Waals surface area (Å²) in [7, 11) is 0. The van der Waals surface area contributed by atoms with E-state index in [0.717, 1.165) is 25.3 Å². The lowest BCUT2D eigenvalue weighted by Gasteiger charge is -2.10. The molecule has 1 atom stereocenters. The molecule has 0 spiro atoms. The summed E-state index contributed by atoms with van der Waals surface area (Å²) in [6, 6.07) is 10.7. The number of rotatable bonds is 6. The average Bonchev–Trinajstić information content (AvgIpc) is 2.89. The molecule has 4 heteroatoms. The van der Waals surface area contributed by atoms with Crippen molar-refractivity contribution < 1.29 is 4.79 Å². The predicted octanol–water partition coefficient (Wildman–Crippen LogP) is 2.04. The molecular formula is C14H20N2OS. The summed E-state index contributed by atoms with van der Waals surface area (Å²) in [5, 5.41) is 6.32. The zero-order chi connectivity index (χ0) is 12.6. The van der Waals surface area contributed by atoms with Crippen molar-refractivity contribution in [3.05, 3.63) is 30.3 Å². The van der Waals surface area contributed by atoms with Gasteiger partial charge in [0.2, 0.25) is 5.91 Å². The normalized spacial score (nSPS) is 18.8. The molecule has 1 aromatic carbocycles. The van der Waals surface area contributed by atoms with Gasteiger partial charge >= 0.3 is 0 Å². The van der Waals surface area contributed by atoms with E-state index in [1.165, 1.54) is 11.3 Å². The van der Waals surface area contributed by atoms with Gasteiger partial charge in [-0.2, -0.15) is 0 Å². The fourth-order valence-electron chi connectivity index (χ4n) is 2.10. The van der Waals surface area contributed by atoms with Crippen molar-refractivity contribution in [2.24, 2.45) is 0 Å². The Morgan fingerprint density at radius 3 is 2.94 bits per heavy atom. The third-order valence-corrected chi connectivity index (χ3v) is 4.04. The highest BCUT2D eigenvalue weighted by Gasteiger charge is 2.16. The average molecular weight is 264 g/mol. The van der Waals surface area contributed by atoms with Crippen LogP contribution in [0.3, 0.4) is 0 Å². The molecule has 0 aromatic heterocycles. The molecule has 0 aliphatic carbocycles. The van der Waals surface area contributed by atoms with Crippen LogP contribution in [0, 0.1) is 0 Å². The molecule has 98 valence electrons. The first-order chi connectivity index (χ1) is 8.84. The van der Waals surface area contributed by atoms with E-state index in [1.54, 1.807) is 11.8 Å². The van der Waals surface area contributed by atoms with Crippen molar-refractivity contribution in [2.75, 3.05) is 18.8 Å². The molecule has 1 aliphatic heterocycles. The highest BCUT2D eigenvalue weighted by atomic mass is 32.2. The molecular weight excluding hydrogens is 244 g/mol. The molecule has 1 aromatic rings. The Kier molecular flexibility index (Phi) is 5.55. The lowest BCUT2D eigenvalue weighted by molar-refractivity contribution is -0.121. The van der Waals surface area contributed by atoms with Crippen LogP contribution in [-0.4, -0.2) is 30.8 Å². The molecule has 2 rings (SSSR count). The minimum atomic E-state index is 0.170. The van der Waals surface area contributed by atoms with Gasteiger partial charge in [-0.25, -0.2) is 0 Å². The number of hydrogen-bond donors (Lipinski definition) is 2. The maximum Gasteiger partial charge on any atom is 0.221 e. The molecule has 0 radical (unpaired) electrons. The van der Waals surface area contributed by atoms with Crippen LogP contribution >= 0.6 is 11.8 Å². The van der Waals surface area contributed by atoms with Gasteiger partial charge in [-0.1, -0.05) is 18.2 Å². The highest BCUT2D eigenvalue weighted by Crippen LogP contribution is 2.15. The second-order valence-electron chi connectivity index (χ2n) is 4.51. The van der Waals surface area contributed by atoms with Crippen molar-refractivity contribution >= 4 is 17.7 Å². The van der Waals surface area contributed by atoms with E-state index >= 15 is 0 Å². The number of thioether (sulfide) groups is 1. The van der Waals surface area contributed by atoms with Gasteiger partial charge in [-0.15, -0.1) is 11.8 Å². The molecule has 1 amide bonds. The number of nitrogens with one attached hydrogen (secondary N) is 2. The minimum Gasteiger partial charge on any atom is -0.355 e. The number of carbonyl (C=O) groups excluding carboxylic acids is 1. The maximum atomic E-state index is 11.6. The topological polar surface area (TPSA) is 41.1 Å². The first kappa shape index (κ1) is 13.4. The third kappa shape index (κ3) is 4.70. The molecule has 3 nitrogen and oxygen atoms in total. The first-order valence-electron chi connectivity index (χ1n) is 6.52. The van der Waals surface area contributed by atoms with Crippen molar-refractivity contribution in [2.45, 2.75) is 30.2 Å². The van der Waals surface area contributed by atoms with Gasteiger partial charge in [0.1, 0.15) is 0 Å². The van der Waals surface area contributed by atoms with Crippen LogP contribution < -0.4 is 10.6 Å². The van der Waals surface area contributed by atoms with Crippen LogP contribution in [0.2, 0.25) is 0 Å². The summed E-state index contributed by atoms with van der Waals surface area (Å²) in [4.78, 5) is 12.9. The van der Waals surface area contributed by atoms with Crippen LogP contribution in [0.15, 0.2) is 35.2 Å². The molecule has 1 fully saturated rings. The Hall–Kier alpha value is -1.00. The largest absolute Gasteiger partial charge is 0.355 e. The summed E-state index contributed by atoms with van der Waals surface area (Å²) in [6.45, 7) is 1.80. The molecule has 2 N–H and O–H groups in total. The second kappa shape index (κ2) is 7.44. The SMILES string of the molecule is O=C(CC1CCCN1)NCCSc1ccccc1. The number of amides is 1. The van der Waals surface area contributed by atoms with Gasteiger partial charge in [0, 0.05) is 29.7 Å². The second-order valence-corrected chi connectivity index (χ2v) is 5.68. The van der Waals surface area contributed by atoms with Crippen LogP contribution in [-0.2, 0) is 4.79 Å². The van der Waals surface area contributed by atoms with E-state index in [9.17, 15) is 4.79 Å². The van der Waals surface area contributed by atoms with E-state index in [0.29, 0.717) is 12.5 Å². The van der Waals surface area contributed by atoms with Crippen molar-refractivity contribution in [1.82, 2.24) is 10.6 Å². The standard InChI is InChI=1S/C14H20N2OS/c17-14(11-12-5-4-8-15-12)16-9-10-18-13-6-2-1-3-7-13/h1-3,6-7,12,15H,4-5,8-11H2,(H,16,17). The van der Waals surface area contributed by atoms with Crippen molar-refractivity contribution in [1.29, 1.82) is 0 Å². The monoisotopic (exact) mass is 264 g/mol. The fourth-order valence-corrected chi connectivity index (χ4v) is 2.89. The van der Waals surface area contributed by atoms with Gasteiger partial charge in [0.25, 0.3) is 0 Å². The minimum absolute atomic E-state index is 0.170. The van der Waals surface area contributed by atoms with Gasteiger partial charge in [-0.3, -0.25) is 4.79 Å². The lowest BCUT2D eigenvalue weighted by atomic mass is 10.1. The first-order valence-corrected chi connectivity index (χ1v) is 7.51. The smallest absolute Gasteiger partial charge is 0.221 e. The summed E-state index contributed by atoms with van der Waals surface area (Å²) in [5.41, 5.74) is 0. The summed E-state index contributed by atoms with van der Waals surface area (Å²) in [5.74, 6) is 1.09. The molecule has 1 heterocycles. The van der Waals surface area contributed by atoms with Gasteiger partial charge in [-0.05, 0) is 31.5 Å². The van der Waals surface area contributed by atoms with E-state index in [-0.39, 0.29) is 5.91 Å². The number of hydrogen-bond acceptors (Lipinski definition) is 3. The number of carbonyl (C=O) groups is 1. The van der Waals surface area contributed by atoms with E-state index in [2.05, 4.69) is 22.8 Å². The van der Waals surface area contributed by atoms with Crippen molar-refractivity contribution in [3.63, 3.8) is 0 Å². The Morgan fingerprint density at radius 2 is 2.22 bits per heavy atom. The van der Waals surface area contributed by atoms with E-state index < -0.39 is 0 Å². The van der Waals surface area contributed by atoms with Gasteiger partial charge in [0.15, 0.2) is 0 Å². The van der Waals surface area contributed by atoms with Crippen LogP contribution in [0.5, 0.6) is 0 Å². The molecule has 1 saturated heterocycles. The van der Waals surface area contributed by atoms with Crippen molar-refractivity contribution in [3.8, 4) is 0 Å². The number of benzene rings is 1. The van der Waals surface area contributed by atoms with Gasteiger partial charge < -0.3 is 10.6 Å². The Labute approximate surface area is 113 Å². The lowest BCUT2D eigenvalue weighted by Crippen LogP contribution is -2.32. The molecule has 1 aliphatic rings. The van der Waals surface area contributed by atoms with Crippen LogP contribution in [0.25, 0.3) is 0 Å². The molecule has 18 heavy (non-hydrogen) atoms. The van der Waals surface area contributed by atoms with Crippen LogP contribution in [0.1, 0.15) is 19.3 Å². The zero-order valence-electron chi connectivity index (χ0n) is 10.5. The quantitative estimate of drug-likeness (QED) is 0.610. The summed E-state index contributed by atoms with van der Waals surface area (Å²) in [6.07, 6.45) is 2.95. The van der Waals surface area contributed by atoms with E-state index in [4.69, 9.17) is 0 Å². The summed E-state index contributed by atoms with van der Waals surface area (Å²) < 4.78 is 0. The zero-order valence-corrected chi connectivity index (χ0v) is 11.3. The third-order valence-electron chi connectivity index (χ3n) is 3.03. The molecule has 1 unspecified atom stereocenters. The predicted molar refractivity (Wildman–Crippen MR) is 75.8 cm³/mol.